The third-order valence-corrected chi connectivity index (χ3v) is 5.40. The second kappa shape index (κ2) is 7.56. The molecule has 0 bridgehead atoms. The Labute approximate surface area is 163 Å². The van der Waals surface area contributed by atoms with E-state index in [1.165, 1.54) is 0 Å². The number of benzene rings is 1. The van der Waals surface area contributed by atoms with Gasteiger partial charge in [0.15, 0.2) is 5.78 Å². The Bertz CT molecular complexity index is 1030. The van der Waals surface area contributed by atoms with Crippen molar-refractivity contribution in [2.24, 2.45) is 5.92 Å². The van der Waals surface area contributed by atoms with Crippen molar-refractivity contribution >= 4 is 22.6 Å². The van der Waals surface area contributed by atoms with Gasteiger partial charge in [-0.1, -0.05) is 12.1 Å². The number of aliphatic hydroxyl groups is 1. The van der Waals surface area contributed by atoms with E-state index >= 15 is 0 Å². The number of ketones is 1. The fourth-order valence-electron chi connectivity index (χ4n) is 3.83. The fraction of sp³-hybridized carbons (Fsp3) is 0.318. The summed E-state index contributed by atoms with van der Waals surface area (Å²) in [5.41, 5.74) is 3.57. The van der Waals surface area contributed by atoms with Gasteiger partial charge < -0.3 is 15.4 Å². The van der Waals surface area contributed by atoms with E-state index in [-0.39, 0.29) is 29.4 Å². The molecule has 1 aliphatic carbocycles. The standard InChI is InChI=1S/C22H23N3O3/c1-23-22(28)20-12-15(21(27)9-13-7-17(26)8-13)11-16(25-20)10-14-3-2-4-19-18(14)5-6-24-19/h2-6,11-13,17,24,26H,7-10H2,1H3,(H,23,28). The molecular weight excluding hydrogens is 354 g/mol. The largest absolute Gasteiger partial charge is 0.393 e. The van der Waals surface area contributed by atoms with Crippen LogP contribution in [0, 0.1) is 5.92 Å². The van der Waals surface area contributed by atoms with Crippen LogP contribution in [0.15, 0.2) is 42.6 Å². The van der Waals surface area contributed by atoms with Crippen LogP contribution in [0.5, 0.6) is 0 Å². The molecule has 3 aromatic rings. The van der Waals surface area contributed by atoms with E-state index in [1.54, 1.807) is 19.2 Å². The van der Waals surface area contributed by atoms with Crippen molar-refractivity contribution < 1.29 is 14.7 Å². The summed E-state index contributed by atoms with van der Waals surface area (Å²) < 4.78 is 0. The van der Waals surface area contributed by atoms with Gasteiger partial charge >= 0.3 is 0 Å². The summed E-state index contributed by atoms with van der Waals surface area (Å²) in [7, 11) is 1.55. The smallest absolute Gasteiger partial charge is 0.269 e. The molecule has 2 aromatic heterocycles. The molecule has 6 heteroatoms. The number of amides is 1. The zero-order valence-electron chi connectivity index (χ0n) is 15.7. The highest BCUT2D eigenvalue weighted by Crippen LogP contribution is 2.31. The molecule has 2 heterocycles. The maximum Gasteiger partial charge on any atom is 0.269 e. The number of Topliss-reactive ketones (excluding diaryl/α,β-unsaturated/α-hetero) is 1. The van der Waals surface area contributed by atoms with Crippen LogP contribution in [0.25, 0.3) is 10.9 Å². The van der Waals surface area contributed by atoms with E-state index in [1.807, 2.05) is 30.5 Å². The van der Waals surface area contributed by atoms with Crippen LogP contribution in [0.3, 0.4) is 0 Å². The first-order valence-electron chi connectivity index (χ1n) is 9.52. The number of aromatic nitrogens is 2. The molecule has 28 heavy (non-hydrogen) atoms. The highest BCUT2D eigenvalue weighted by molar-refractivity contribution is 6.00. The first-order chi connectivity index (χ1) is 13.5. The monoisotopic (exact) mass is 377 g/mol. The third-order valence-electron chi connectivity index (χ3n) is 5.40. The number of fused-ring (bicyclic) bond motifs is 1. The fourth-order valence-corrected chi connectivity index (χ4v) is 3.83. The SMILES string of the molecule is CNC(=O)c1cc(C(=O)CC2CC(O)C2)cc(Cc2cccc3[nH]ccc23)n1. The Kier molecular flexibility index (Phi) is 4.96. The van der Waals surface area contributed by atoms with Gasteiger partial charge in [0, 0.05) is 48.2 Å². The number of hydrogen-bond acceptors (Lipinski definition) is 4. The summed E-state index contributed by atoms with van der Waals surface area (Å²) in [5.74, 6) is -0.100. The minimum Gasteiger partial charge on any atom is -0.393 e. The maximum atomic E-state index is 12.7. The summed E-state index contributed by atoms with van der Waals surface area (Å²) >= 11 is 0. The summed E-state index contributed by atoms with van der Waals surface area (Å²) in [5, 5.41) is 13.1. The van der Waals surface area contributed by atoms with E-state index in [9.17, 15) is 14.7 Å². The van der Waals surface area contributed by atoms with E-state index in [0.29, 0.717) is 36.9 Å². The van der Waals surface area contributed by atoms with Gasteiger partial charge in [-0.25, -0.2) is 4.98 Å². The second-order valence-electron chi connectivity index (χ2n) is 7.46. The lowest BCUT2D eigenvalue weighted by atomic mass is 9.78. The van der Waals surface area contributed by atoms with E-state index in [0.717, 1.165) is 16.5 Å². The van der Waals surface area contributed by atoms with Crippen LogP contribution >= 0.6 is 0 Å². The number of nitrogens with one attached hydrogen (secondary N) is 2. The minimum absolute atomic E-state index is 0.00874. The molecule has 0 radical (unpaired) electrons. The second-order valence-corrected chi connectivity index (χ2v) is 7.46. The number of nitrogens with zero attached hydrogens (tertiary/aromatic N) is 1. The van der Waals surface area contributed by atoms with Crippen molar-refractivity contribution in [2.45, 2.75) is 31.8 Å². The summed E-state index contributed by atoms with van der Waals surface area (Å²) in [4.78, 5) is 32.6. The topological polar surface area (TPSA) is 95.1 Å². The zero-order chi connectivity index (χ0) is 19.7. The van der Waals surface area contributed by atoms with Crippen molar-refractivity contribution in [3.8, 4) is 0 Å². The van der Waals surface area contributed by atoms with E-state index in [2.05, 4.69) is 15.3 Å². The number of carbonyl (C=O) groups excluding carboxylic acids is 2. The number of hydrogen-bond donors (Lipinski definition) is 3. The predicted molar refractivity (Wildman–Crippen MR) is 106 cm³/mol. The van der Waals surface area contributed by atoms with Gasteiger partial charge in [0.05, 0.1) is 6.10 Å². The highest BCUT2D eigenvalue weighted by atomic mass is 16.3. The molecule has 1 saturated carbocycles. The number of rotatable bonds is 6. The number of carbonyl (C=O) groups is 2. The Morgan fingerprint density at radius 3 is 2.82 bits per heavy atom. The van der Waals surface area contributed by atoms with Crippen LogP contribution in [-0.4, -0.2) is 39.9 Å². The van der Waals surface area contributed by atoms with Gasteiger partial charge in [0.2, 0.25) is 0 Å². The third kappa shape index (κ3) is 3.68. The molecule has 3 N–H and O–H groups in total. The summed E-state index contributed by atoms with van der Waals surface area (Å²) in [6, 6.07) is 11.4. The highest BCUT2D eigenvalue weighted by Gasteiger charge is 2.29. The molecule has 1 aromatic carbocycles. The molecule has 4 rings (SSSR count). The quantitative estimate of drug-likeness (QED) is 0.576. The molecule has 0 aliphatic heterocycles. The molecule has 144 valence electrons. The van der Waals surface area contributed by atoms with Gasteiger partial charge in [-0.2, -0.15) is 0 Å². The number of aromatic amines is 1. The zero-order valence-corrected chi connectivity index (χ0v) is 15.7. The van der Waals surface area contributed by atoms with Gasteiger partial charge in [-0.3, -0.25) is 9.59 Å². The van der Waals surface area contributed by atoms with Gasteiger partial charge in [-0.05, 0) is 48.6 Å². The lowest BCUT2D eigenvalue weighted by Gasteiger charge is -2.30. The molecule has 0 spiro atoms. The van der Waals surface area contributed by atoms with Crippen LogP contribution in [0.1, 0.15) is 51.4 Å². The Hall–Kier alpha value is -2.99. The summed E-state index contributed by atoms with van der Waals surface area (Å²) in [6.07, 6.45) is 3.87. The number of pyridine rings is 1. The van der Waals surface area contributed by atoms with Crippen molar-refractivity contribution in [1.82, 2.24) is 15.3 Å². The van der Waals surface area contributed by atoms with Crippen molar-refractivity contribution in [1.29, 1.82) is 0 Å². The molecule has 0 unspecified atom stereocenters. The number of aliphatic hydroxyl groups excluding tert-OH is 1. The van der Waals surface area contributed by atoms with Crippen molar-refractivity contribution in [3.63, 3.8) is 0 Å². The first kappa shape index (κ1) is 18.4. The van der Waals surface area contributed by atoms with E-state index in [4.69, 9.17) is 0 Å². The van der Waals surface area contributed by atoms with Crippen molar-refractivity contribution in [3.05, 3.63) is 65.1 Å². The normalized spacial score (nSPS) is 18.6. The molecule has 0 saturated heterocycles. The minimum atomic E-state index is -0.310. The van der Waals surface area contributed by atoms with Crippen LogP contribution in [-0.2, 0) is 6.42 Å². The molecular formula is C22H23N3O3. The van der Waals surface area contributed by atoms with Crippen LogP contribution < -0.4 is 5.32 Å². The van der Waals surface area contributed by atoms with Gasteiger partial charge in [0.1, 0.15) is 5.69 Å². The Morgan fingerprint density at radius 1 is 1.25 bits per heavy atom. The van der Waals surface area contributed by atoms with Crippen LogP contribution in [0.2, 0.25) is 0 Å². The number of H-pyrrole nitrogens is 1. The molecule has 1 fully saturated rings. The van der Waals surface area contributed by atoms with Crippen molar-refractivity contribution in [2.75, 3.05) is 7.05 Å². The first-order valence-corrected chi connectivity index (χ1v) is 9.52. The molecule has 1 aliphatic rings. The van der Waals surface area contributed by atoms with Gasteiger partial charge in [0.25, 0.3) is 5.91 Å². The maximum absolute atomic E-state index is 12.7. The molecule has 1 amide bonds. The Balaban J connectivity index is 1.65. The lowest BCUT2D eigenvalue weighted by Crippen LogP contribution is -2.30. The van der Waals surface area contributed by atoms with Crippen LogP contribution in [0.4, 0.5) is 0 Å². The lowest BCUT2D eigenvalue weighted by molar-refractivity contribution is 0.0381. The van der Waals surface area contributed by atoms with Gasteiger partial charge in [-0.15, -0.1) is 0 Å². The predicted octanol–water partition coefficient (Wildman–Crippen LogP) is 2.86. The average molecular weight is 377 g/mol. The Morgan fingerprint density at radius 2 is 2.07 bits per heavy atom. The molecule has 6 nitrogen and oxygen atoms in total. The molecule has 0 atom stereocenters. The average Bonchev–Trinajstić information content (AvgIpc) is 3.15. The van der Waals surface area contributed by atoms with E-state index < -0.39 is 0 Å². The summed E-state index contributed by atoms with van der Waals surface area (Å²) in [6.45, 7) is 0.